The van der Waals surface area contributed by atoms with Gasteiger partial charge in [0.1, 0.15) is 0 Å². The third-order valence-electron chi connectivity index (χ3n) is 28.9. The van der Waals surface area contributed by atoms with E-state index in [1.807, 2.05) is 40.2 Å². The Bertz CT molecular complexity index is 10300. The maximum absolute atomic E-state index is 5.15. The normalized spacial score (nSPS) is 12.3. The molecule has 0 radical (unpaired) electrons. The Kier molecular flexibility index (Phi) is 15.9. The van der Waals surface area contributed by atoms with E-state index >= 15 is 0 Å². The van der Waals surface area contributed by atoms with E-state index in [1.165, 1.54) is 208 Å². The van der Waals surface area contributed by atoms with Crippen LogP contribution in [0.4, 0.5) is 0 Å². The van der Waals surface area contributed by atoms with Gasteiger partial charge >= 0.3 is 0 Å². The first kappa shape index (κ1) is 74.8. The predicted molar refractivity (Wildman–Crippen MR) is 576 cm³/mol. The van der Waals surface area contributed by atoms with Crippen LogP contribution in [0.3, 0.4) is 0 Å². The Labute approximate surface area is 784 Å². The van der Waals surface area contributed by atoms with Gasteiger partial charge in [-0.25, -0.2) is 4.98 Å². The van der Waals surface area contributed by atoms with Crippen LogP contribution in [-0.4, -0.2) is 32.4 Å². The molecule has 10 heteroatoms. The first-order valence-corrected chi connectivity index (χ1v) is 48.6. The molecule has 0 saturated heterocycles. The van der Waals surface area contributed by atoms with E-state index in [-0.39, 0.29) is 0 Å². The Hall–Kier alpha value is -17.0. The molecular weight excluding hydrogens is 1700 g/mol. The topological polar surface area (TPSA) is 42.5 Å². The van der Waals surface area contributed by atoms with Crippen molar-refractivity contribution >= 4 is 225 Å². The van der Waals surface area contributed by atoms with Gasteiger partial charge in [-0.05, 0) is 225 Å². The van der Waals surface area contributed by atoms with Crippen molar-refractivity contribution in [1.82, 2.24) is 32.4 Å². The molecule has 30 rings (SSSR count). The molecule has 0 spiro atoms. The molecule has 30 aromatic rings. The van der Waals surface area contributed by atoms with Gasteiger partial charge in [-0.2, -0.15) is 0 Å². The standard InChI is InChI=1S/C125H73N7S3/c1-12-46-107-86(30-1)87-31-2-13-47-108(87)132(107)125-124-97(64-65-126-125)103-73-84(58-63-118(103)134-124)130-110-49-15-7-37-99(110)121-94(40-22-51-115(121)130)93-39-21-50-114-120(93)98-36-6-14-48-109(98)129(114)83-57-62-112-102(72-83)90-34-4-10-44-105(90)128(112)81-28-18-25-75(67-81)74-24-17-27-80(66-74)85-38-20-41-95-92-59-54-79(71-119(92)135-122(85)95)76-26-19-29-82(68-76)127-104-43-9-3-32-88(104)100-69-77(55-60-111(100)127)78-56-61-113-101(70-78)89-33-5-11-45-106(89)131(113)116-52-23-42-96-91-35-8-16-53-117(91)133-123(96)116/h1-73H. The average molecular weight is 1770 g/mol. The molecule has 10 aromatic heterocycles. The van der Waals surface area contributed by atoms with Crippen molar-refractivity contribution in [3.05, 3.63) is 443 Å². The number of rotatable bonds is 11. The van der Waals surface area contributed by atoms with E-state index in [0.29, 0.717) is 0 Å². The van der Waals surface area contributed by atoms with Crippen LogP contribution in [0.15, 0.2) is 443 Å². The summed E-state index contributed by atoms with van der Waals surface area (Å²) >= 11 is 5.60. The zero-order valence-electron chi connectivity index (χ0n) is 72.5. The van der Waals surface area contributed by atoms with Gasteiger partial charge in [-0.15, -0.1) is 34.0 Å². The molecule has 0 aliphatic carbocycles. The lowest BCUT2D eigenvalue weighted by Crippen LogP contribution is -1.97. The lowest BCUT2D eigenvalue weighted by molar-refractivity contribution is 1.11. The van der Waals surface area contributed by atoms with E-state index in [0.717, 1.165) is 72.7 Å². The van der Waals surface area contributed by atoms with Gasteiger partial charge in [0.25, 0.3) is 0 Å². The molecule has 626 valence electrons. The lowest BCUT2D eigenvalue weighted by atomic mass is 9.95. The molecule has 0 amide bonds. The number of nitrogens with zero attached hydrogens (tertiary/aromatic N) is 7. The van der Waals surface area contributed by atoms with Gasteiger partial charge in [0.15, 0.2) is 5.82 Å². The van der Waals surface area contributed by atoms with Crippen LogP contribution in [0.5, 0.6) is 0 Å². The highest BCUT2D eigenvalue weighted by molar-refractivity contribution is 7.27. The van der Waals surface area contributed by atoms with Gasteiger partial charge in [0.2, 0.25) is 0 Å². The molecule has 0 unspecified atom stereocenters. The summed E-state index contributed by atoms with van der Waals surface area (Å²) in [6.45, 7) is 0. The van der Waals surface area contributed by atoms with Crippen LogP contribution in [-0.2, 0) is 0 Å². The summed E-state index contributed by atoms with van der Waals surface area (Å²) in [6.07, 6.45) is 1.99. The van der Waals surface area contributed by atoms with Crippen molar-refractivity contribution in [2.45, 2.75) is 0 Å². The monoisotopic (exact) mass is 1770 g/mol. The van der Waals surface area contributed by atoms with E-state index in [9.17, 15) is 0 Å². The molecule has 0 aliphatic rings. The van der Waals surface area contributed by atoms with Crippen LogP contribution >= 0.6 is 34.0 Å². The summed E-state index contributed by atoms with van der Waals surface area (Å²) in [5.74, 6) is 0.959. The summed E-state index contributed by atoms with van der Waals surface area (Å²) in [4.78, 5) is 5.15. The predicted octanol–water partition coefficient (Wildman–Crippen LogP) is 35.1. The fourth-order valence-electron chi connectivity index (χ4n) is 23.0. The molecule has 135 heavy (non-hydrogen) atoms. The second-order valence-electron chi connectivity index (χ2n) is 35.9. The maximum atomic E-state index is 5.15. The number of benzene rings is 20. The fraction of sp³-hybridized carbons (Fsp3) is 0. The van der Waals surface area contributed by atoms with Crippen molar-refractivity contribution in [2.75, 3.05) is 0 Å². The highest BCUT2D eigenvalue weighted by atomic mass is 32.1. The molecule has 0 bridgehead atoms. The SMILES string of the molecule is c1cc(-c2cccc(-n3c4ccccc4c4cc(-n5c6ccccc6c6c(-c7cccc8c7c7ccccc7n8-c7ccc8sc9c(-n%10c%11ccccc%11c%11ccccc%11%10)nccc9c8c7)cccc65)ccc43)c2)cc(-c2cccc3c2sc2cc(-c4cccc(-n5c6ccccc6c6cc(-c7ccc8c(c7)c7ccccc7n8-c7cccc8c7sc7ccccc78)ccc65)c4)ccc23)c1. The number of fused-ring (bicyclic) bond motifs is 27. The number of thiophene rings is 3. The van der Waals surface area contributed by atoms with Crippen molar-refractivity contribution in [3.8, 4) is 89.9 Å². The Morgan fingerprint density at radius 1 is 0.163 bits per heavy atom. The number of hydrogen-bond acceptors (Lipinski definition) is 4. The van der Waals surface area contributed by atoms with Crippen molar-refractivity contribution in [3.63, 3.8) is 0 Å². The summed E-state index contributed by atoms with van der Waals surface area (Å²) in [6, 6.07) is 163. The van der Waals surface area contributed by atoms with Crippen molar-refractivity contribution < 1.29 is 0 Å². The fourth-order valence-corrected chi connectivity index (χ4v) is 26.7. The second kappa shape index (κ2) is 28.8. The van der Waals surface area contributed by atoms with E-state index in [4.69, 9.17) is 4.98 Å². The highest BCUT2D eigenvalue weighted by Gasteiger charge is 2.27. The van der Waals surface area contributed by atoms with Gasteiger partial charge in [-0.3, -0.25) is 4.57 Å². The number of pyridine rings is 1. The number of para-hydroxylation sites is 7. The van der Waals surface area contributed by atoms with Crippen LogP contribution in [0.2, 0.25) is 0 Å². The highest BCUT2D eigenvalue weighted by Crippen LogP contribution is 2.51. The molecule has 10 heterocycles. The summed E-state index contributed by atoms with van der Waals surface area (Å²) in [7, 11) is 0. The van der Waals surface area contributed by atoms with Gasteiger partial charge in [0.05, 0.1) is 81.3 Å². The van der Waals surface area contributed by atoms with E-state index in [2.05, 4.69) is 464 Å². The molecular formula is C125H73N7S3. The van der Waals surface area contributed by atoms with Gasteiger partial charge < -0.3 is 22.8 Å². The minimum atomic E-state index is 0.959. The molecule has 0 atom stereocenters. The van der Waals surface area contributed by atoms with Crippen molar-refractivity contribution in [2.24, 2.45) is 0 Å². The summed E-state index contributed by atoms with van der Waals surface area (Å²) in [5.41, 5.74) is 31.6. The van der Waals surface area contributed by atoms with Crippen LogP contribution in [0.25, 0.3) is 281 Å². The quantitative estimate of drug-likeness (QED) is 0.127. The molecule has 7 nitrogen and oxygen atoms in total. The Morgan fingerprint density at radius 2 is 0.511 bits per heavy atom. The molecule has 20 aromatic carbocycles. The van der Waals surface area contributed by atoms with Crippen LogP contribution in [0, 0.1) is 0 Å². The Balaban J connectivity index is 0.468. The third-order valence-corrected chi connectivity index (χ3v) is 32.4. The zero-order chi connectivity index (χ0) is 87.9. The Morgan fingerprint density at radius 3 is 1.11 bits per heavy atom. The first-order chi connectivity index (χ1) is 67.0. The zero-order valence-corrected chi connectivity index (χ0v) is 75.0. The largest absolute Gasteiger partial charge is 0.309 e. The summed E-state index contributed by atoms with van der Waals surface area (Å²) in [5, 5.41) is 22.3. The van der Waals surface area contributed by atoms with Gasteiger partial charge in [0, 0.05) is 145 Å². The lowest BCUT2D eigenvalue weighted by Gasteiger charge is -2.13. The number of hydrogen-bond donors (Lipinski definition) is 0. The average Bonchev–Trinajstić information content (AvgIpc) is 1.56. The third kappa shape index (κ3) is 10.9. The molecule has 0 aliphatic heterocycles. The summed E-state index contributed by atoms with van der Waals surface area (Å²) < 4.78 is 22.3. The van der Waals surface area contributed by atoms with E-state index < -0.39 is 0 Å². The van der Waals surface area contributed by atoms with E-state index in [1.54, 1.807) is 0 Å². The van der Waals surface area contributed by atoms with Crippen LogP contribution < -0.4 is 0 Å². The van der Waals surface area contributed by atoms with Gasteiger partial charge in [-0.1, -0.05) is 267 Å². The number of aromatic nitrogens is 7. The van der Waals surface area contributed by atoms with Crippen molar-refractivity contribution in [1.29, 1.82) is 0 Å². The second-order valence-corrected chi connectivity index (χ2v) is 39.1. The first-order valence-electron chi connectivity index (χ1n) is 46.1. The van der Waals surface area contributed by atoms with Crippen LogP contribution in [0.1, 0.15) is 0 Å². The molecule has 0 saturated carbocycles. The molecule has 0 fully saturated rings. The minimum Gasteiger partial charge on any atom is -0.309 e. The smallest absolute Gasteiger partial charge is 0.155 e. The minimum absolute atomic E-state index is 0.959. The molecule has 0 N–H and O–H groups in total. The maximum Gasteiger partial charge on any atom is 0.155 e.